The average Bonchev–Trinajstić information content (AvgIpc) is 3.71. The fourth-order valence-electron chi connectivity index (χ4n) is 7.37. The van der Waals surface area contributed by atoms with E-state index < -0.39 is 0 Å². The molecule has 10 aromatic rings. The standard InChI is InChI=1S/C45H29N5S/c51-45-47-43(31-15-6-2-7-16-31)46-44-49(35-19-8-3-9-20-35)41-26-24-36(29-42(41)50(44)45)48-39-22-11-10-21-37(39)38-28-34(23-25-40(38)48)33-18-12-17-32(27-33)30-13-4-1-5-14-30/h1-29H. The summed E-state index contributed by atoms with van der Waals surface area (Å²) in [6.45, 7) is 0. The van der Waals surface area contributed by atoms with Crippen LogP contribution in [0.2, 0.25) is 0 Å². The highest BCUT2D eigenvalue weighted by Crippen LogP contribution is 2.37. The normalized spacial score (nSPS) is 11.6. The molecule has 0 N–H and O–H groups in total. The SMILES string of the molecule is S=c1nc(-c2ccccc2)nc2n(-c3ccccc3)c3ccc(-n4c5ccccc5c5cc(-c6cccc(-c7ccccc7)c6)ccc54)cc3n12. The summed E-state index contributed by atoms with van der Waals surface area (Å²) in [5.41, 5.74) is 12.0. The van der Waals surface area contributed by atoms with E-state index in [-0.39, 0.29) is 0 Å². The van der Waals surface area contributed by atoms with Gasteiger partial charge >= 0.3 is 0 Å². The van der Waals surface area contributed by atoms with Crippen LogP contribution in [0.3, 0.4) is 0 Å². The Morgan fingerprint density at radius 2 is 0.980 bits per heavy atom. The van der Waals surface area contributed by atoms with Gasteiger partial charge in [0.1, 0.15) is 0 Å². The number of hydrogen-bond acceptors (Lipinski definition) is 3. The first kappa shape index (κ1) is 29.3. The molecule has 0 spiro atoms. The third kappa shape index (κ3) is 4.80. The van der Waals surface area contributed by atoms with Crippen LogP contribution in [0.4, 0.5) is 0 Å². The molecule has 0 atom stereocenters. The molecule has 0 bridgehead atoms. The Morgan fingerprint density at radius 1 is 0.373 bits per heavy atom. The first-order chi connectivity index (χ1) is 25.2. The van der Waals surface area contributed by atoms with Crippen LogP contribution in [0.5, 0.6) is 0 Å². The van der Waals surface area contributed by atoms with Crippen molar-refractivity contribution in [1.82, 2.24) is 23.5 Å². The molecule has 3 aromatic heterocycles. The summed E-state index contributed by atoms with van der Waals surface area (Å²) in [7, 11) is 0. The van der Waals surface area contributed by atoms with Crippen LogP contribution in [0.1, 0.15) is 0 Å². The lowest BCUT2D eigenvalue weighted by Gasteiger charge is -2.10. The third-order valence-electron chi connectivity index (χ3n) is 9.72. The summed E-state index contributed by atoms with van der Waals surface area (Å²) in [4.78, 5) is 9.95. The maximum absolute atomic E-state index is 6.02. The Bertz CT molecular complexity index is 2980. The lowest BCUT2D eigenvalue weighted by atomic mass is 9.98. The Labute approximate surface area is 299 Å². The van der Waals surface area contributed by atoms with Crippen molar-refractivity contribution in [3.8, 4) is 45.0 Å². The van der Waals surface area contributed by atoms with Gasteiger partial charge in [-0.25, -0.2) is 0 Å². The molecule has 0 amide bonds. The van der Waals surface area contributed by atoms with Gasteiger partial charge in [0.15, 0.2) is 5.82 Å². The molecular formula is C45H29N5S. The molecule has 51 heavy (non-hydrogen) atoms. The number of rotatable bonds is 5. The van der Waals surface area contributed by atoms with E-state index >= 15 is 0 Å². The Hall–Kier alpha value is -6.63. The largest absolute Gasteiger partial charge is 0.309 e. The molecule has 0 fully saturated rings. The molecule has 0 unspecified atom stereocenters. The minimum absolute atomic E-state index is 0.459. The van der Waals surface area contributed by atoms with Gasteiger partial charge in [0.2, 0.25) is 10.5 Å². The topological polar surface area (TPSA) is 40.0 Å². The predicted molar refractivity (Wildman–Crippen MR) is 211 cm³/mol. The zero-order valence-electron chi connectivity index (χ0n) is 27.4. The highest BCUT2D eigenvalue weighted by atomic mass is 32.1. The van der Waals surface area contributed by atoms with Crippen LogP contribution in [0.15, 0.2) is 176 Å². The lowest BCUT2D eigenvalue weighted by Crippen LogP contribution is -2.02. The van der Waals surface area contributed by atoms with Crippen molar-refractivity contribution in [3.63, 3.8) is 0 Å². The van der Waals surface area contributed by atoms with E-state index in [1.165, 1.54) is 33.0 Å². The van der Waals surface area contributed by atoms with E-state index in [0.717, 1.165) is 44.8 Å². The molecule has 0 aliphatic heterocycles. The van der Waals surface area contributed by atoms with Crippen LogP contribution < -0.4 is 0 Å². The predicted octanol–water partition coefficient (Wildman–Crippen LogP) is 11.5. The van der Waals surface area contributed by atoms with Gasteiger partial charge in [-0.1, -0.05) is 121 Å². The summed E-state index contributed by atoms with van der Waals surface area (Å²) in [6.07, 6.45) is 0. The van der Waals surface area contributed by atoms with Crippen molar-refractivity contribution in [2.24, 2.45) is 0 Å². The van der Waals surface area contributed by atoms with E-state index in [9.17, 15) is 0 Å². The summed E-state index contributed by atoms with van der Waals surface area (Å²) < 4.78 is 6.98. The molecule has 0 saturated heterocycles. The van der Waals surface area contributed by atoms with Crippen molar-refractivity contribution in [1.29, 1.82) is 0 Å². The van der Waals surface area contributed by atoms with Crippen LogP contribution >= 0.6 is 12.2 Å². The van der Waals surface area contributed by atoms with Gasteiger partial charge in [-0.3, -0.25) is 8.97 Å². The van der Waals surface area contributed by atoms with Gasteiger partial charge in [-0.05, 0) is 89.1 Å². The number of fused-ring (bicyclic) bond motifs is 6. The van der Waals surface area contributed by atoms with Crippen molar-refractivity contribution < 1.29 is 0 Å². The lowest BCUT2D eigenvalue weighted by molar-refractivity contribution is 0.978. The second-order valence-corrected chi connectivity index (χ2v) is 13.1. The molecule has 0 saturated carbocycles. The zero-order valence-corrected chi connectivity index (χ0v) is 28.2. The van der Waals surface area contributed by atoms with Crippen LogP contribution in [-0.4, -0.2) is 23.5 Å². The molecule has 3 heterocycles. The van der Waals surface area contributed by atoms with Crippen LogP contribution in [0.25, 0.3) is 83.6 Å². The van der Waals surface area contributed by atoms with E-state index in [1.54, 1.807) is 0 Å². The van der Waals surface area contributed by atoms with Crippen LogP contribution in [-0.2, 0) is 0 Å². The second-order valence-electron chi connectivity index (χ2n) is 12.7. The van der Waals surface area contributed by atoms with Crippen molar-refractivity contribution in [2.45, 2.75) is 0 Å². The number of para-hydroxylation sites is 2. The van der Waals surface area contributed by atoms with E-state index in [4.69, 9.17) is 22.2 Å². The fraction of sp³-hybridized carbons (Fsp3) is 0. The molecule has 0 aliphatic rings. The molecule has 6 heteroatoms. The average molecular weight is 672 g/mol. The smallest absolute Gasteiger partial charge is 0.223 e. The maximum Gasteiger partial charge on any atom is 0.223 e. The minimum atomic E-state index is 0.459. The number of aromatic nitrogens is 5. The van der Waals surface area contributed by atoms with Crippen molar-refractivity contribution in [3.05, 3.63) is 181 Å². The van der Waals surface area contributed by atoms with E-state index in [2.05, 4.69) is 137 Å². The molecule has 5 nitrogen and oxygen atoms in total. The highest BCUT2D eigenvalue weighted by Gasteiger charge is 2.19. The number of benzene rings is 7. The maximum atomic E-state index is 6.02. The first-order valence-corrected chi connectivity index (χ1v) is 17.4. The second kappa shape index (κ2) is 11.8. The number of imidazole rings is 1. The van der Waals surface area contributed by atoms with Gasteiger partial charge < -0.3 is 4.57 Å². The van der Waals surface area contributed by atoms with Gasteiger partial charge in [0, 0.05) is 27.7 Å². The van der Waals surface area contributed by atoms with Gasteiger partial charge in [-0.2, -0.15) is 9.97 Å². The Balaban J connectivity index is 1.19. The molecule has 10 rings (SSSR count). The summed E-state index contributed by atoms with van der Waals surface area (Å²) in [6, 6.07) is 61.7. The number of hydrogen-bond donors (Lipinski definition) is 0. The van der Waals surface area contributed by atoms with Gasteiger partial charge in [0.05, 0.1) is 22.1 Å². The van der Waals surface area contributed by atoms with Crippen molar-refractivity contribution in [2.75, 3.05) is 0 Å². The third-order valence-corrected chi connectivity index (χ3v) is 9.99. The summed E-state index contributed by atoms with van der Waals surface area (Å²) in [5, 5.41) is 2.40. The first-order valence-electron chi connectivity index (χ1n) is 17.0. The highest BCUT2D eigenvalue weighted by molar-refractivity contribution is 7.71. The Kier molecular flexibility index (Phi) is 6.76. The van der Waals surface area contributed by atoms with E-state index in [0.29, 0.717) is 10.6 Å². The molecular weight excluding hydrogens is 643 g/mol. The van der Waals surface area contributed by atoms with E-state index in [1.807, 2.05) is 52.9 Å². The van der Waals surface area contributed by atoms with Crippen LogP contribution in [0, 0.1) is 4.77 Å². The molecule has 0 aliphatic carbocycles. The minimum Gasteiger partial charge on any atom is -0.309 e. The summed E-state index contributed by atoms with van der Waals surface area (Å²) >= 11 is 6.02. The number of nitrogens with zero attached hydrogens (tertiary/aromatic N) is 5. The zero-order chi connectivity index (χ0) is 33.9. The van der Waals surface area contributed by atoms with Gasteiger partial charge in [-0.15, -0.1) is 0 Å². The quantitative estimate of drug-likeness (QED) is 0.171. The molecule has 7 aromatic carbocycles. The molecule has 240 valence electrons. The Morgan fingerprint density at radius 3 is 1.76 bits per heavy atom. The van der Waals surface area contributed by atoms with Gasteiger partial charge in [0.25, 0.3) is 0 Å². The molecule has 0 radical (unpaired) electrons. The van der Waals surface area contributed by atoms with Crippen molar-refractivity contribution >= 4 is 50.8 Å². The fourth-order valence-corrected chi connectivity index (χ4v) is 7.64. The monoisotopic (exact) mass is 671 g/mol. The summed E-state index contributed by atoms with van der Waals surface area (Å²) in [5.74, 6) is 1.32.